The van der Waals surface area contributed by atoms with E-state index in [0.29, 0.717) is 13.1 Å². The van der Waals surface area contributed by atoms with E-state index in [-0.39, 0.29) is 17.7 Å². The van der Waals surface area contributed by atoms with Gasteiger partial charge in [-0.3, -0.25) is 19.5 Å². The standard InChI is InChI=1S/C23H28N4O2/c1-16-12-24-11-9-18(16)13-27-14-20(22(29)26(2)3)23(15-27)10-8-17-6-4-5-7-19(17)21(28)25-23/h4-7,9,11-12,20H,8,10,13-15H2,1-3H3,(H,25,28)/t20-,23+/m1/s1. The third-order valence-corrected chi connectivity index (χ3v) is 6.35. The van der Waals surface area contributed by atoms with Crippen LogP contribution in [0.15, 0.2) is 42.7 Å². The molecule has 6 nitrogen and oxygen atoms in total. The number of pyridine rings is 1. The van der Waals surface area contributed by atoms with Crippen molar-refractivity contribution in [3.63, 3.8) is 0 Å². The van der Waals surface area contributed by atoms with Crippen LogP contribution >= 0.6 is 0 Å². The van der Waals surface area contributed by atoms with E-state index in [0.717, 1.165) is 36.1 Å². The fourth-order valence-corrected chi connectivity index (χ4v) is 4.73. The first-order valence-electron chi connectivity index (χ1n) is 10.1. The third kappa shape index (κ3) is 3.65. The van der Waals surface area contributed by atoms with E-state index in [4.69, 9.17) is 0 Å². The van der Waals surface area contributed by atoms with Crippen LogP contribution < -0.4 is 5.32 Å². The van der Waals surface area contributed by atoms with E-state index in [1.54, 1.807) is 25.2 Å². The molecule has 152 valence electrons. The van der Waals surface area contributed by atoms with Crippen molar-refractivity contribution in [1.82, 2.24) is 20.1 Å². The molecule has 1 fully saturated rings. The van der Waals surface area contributed by atoms with Crippen LogP contribution in [0.25, 0.3) is 0 Å². The Labute approximate surface area is 171 Å². The summed E-state index contributed by atoms with van der Waals surface area (Å²) in [5.74, 6) is -0.264. The SMILES string of the molecule is Cc1cnccc1CN1C[C@H](C(=O)N(C)C)[C@]2(CCc3ccccc3C(=O)N2)C1. The molecular formula is C23H28N4O2. The Balaban J connectivity index is 1.65. The number of hydrogen-bond donors (Lipinski definition) is 1. The molecule has 1 saturated heterocycles. The van der Waals surface area contributed by atoms with E-state index in [9.17, 15) is 9.59 Å². The predicted molar refractivity (Wildman–Crippen MR) is 111 cm³/mol. The van der Waals surface area contributed by atoms with Crippen molar-refractivity contribution in [2.75, 3.05) is 27.2 Å². The summed E-state index contributed by atoms with van der Waals surface area (Å²) >= 11 is 0. The van der Waals surface area contributed by atoms with Crippen molar-refractivity contribution in [3.8, 4) is 0 Å². The minimum Gasteiger partial charge on any atom is -0.348 e. The van der Waals surface area contributed by atoms with Gasteiger partial charge in [0.2, 0.25) is 5.91 Å². The molecule has 6 heteroatoms. The zero-order valence-electron chi connectivity index (χ0n) is 17.3. The van der Waals surface area contributed by atoms with Crippen LogP contribution in [0.2, 0.25) is 0 Å². The highest BCUT2D eigenvalue weighted by Crippen LogP contribution is 2.36. The van der Waals surface area contributed by atoms with Gasteiger partial charge in [-0.1, -0.05) is 18.2 Å². The molecule has 3 heterocycles. The summed E-state index contributed by atoms with van der Waals surface area (Å²) in [4.78, 5) is 34.3. The minimum atomic E-state index is -0.557. The highest BCUT2D eigenvalue weighted by Gasteiger charge is 2.52. The lowest BCUT2D eigenvalue weighted by atomic mass is 9.81. The van der Waals surface area contributed by atoms with E-state index < -0.39 is 5.54 Å². The highest BCUT2D eigenvalue weighted by molar-refractivity contribution is 5.97. The molecule has 29 heavy (non-hydrogen) atoms. The van der Waals surface area contributed by atoms with Crippen LogP contribution in [0.1, 0.15) is 33.5 Å². The number of amides is 2. The van der Waals surface area contributed by atoms with Crippen LogP contribution in [0.5, 0.6) is 0 Å². The number of aromatic nitrogens is 1. The minimum absolute atomic E-state index is 0.0726. The smallest absolute Gasteiger partial charge is 0.252 e. The van der Waals surface area contributed by atoms with Gasteiger partial charge in [0, 0.05) is 51.7 Å². The lowest BCUT2D eigenvalue weighted by Crippen LogP contribution is -2.57. The molecule has 1 N–H and O–H groups in total. The normalized spacial score (nSPS) is 24.1. The topological polar surface area (TPSA) is 65.5 Å². The molecule has 4 rings (SSSR count). The van der Waals surface area contributed by atoms with Gasteiger partial charge in [-0.05, 0) is 48.6 Å². The Bertz CT molecular complexity index is 942. The van der Waals surface area contributed by atoms with E-state index in [1.807, 2.05) is 36.5 Å². The summed E-state index contributed by atoms with van der Waals surface area (Å²) in [5, 5.41) is 3.29. The molecule has 2 atom stereocenters. The lowest BCUT2D eigenvalue weighted by molar-refractivity contribution is -0.134. The van der Waals surface area contributed by atoms with Gasteiger partial charge in [-0.2, -0.15) is 0 Å². The molecule has 1 spiro atoms. The zero-order chi connectivity index (χ0) is 20.6. The van der Waals surface area contributed by atoms with Crippen molar-refractivity contribution in [2.24, 2.45) is 5.92 Å². The average molecular weight is 393 g/mol. The Morgan fingerprint density at radius 2 is 2.10 bits per heavy atom. The molecule has 0 radical (unpaired) electrons. The number of nitrogens with one attached hydrogen (secondary N) is 1. The Morgan fingerprint density at radius 1 is 1.31 bits per heavy atom. The van der Waals surface area contributed by atoms with Crippen LogP contribution in [-0.2, 0) is 17.8 Å². The summed E-state index contributed by atoms with van der Waals surface area (Å²) in [6.45, 7) is 4.10. The number of hydrogen-bond acceptors (Lipinski definition) is 4. The van der Waals surface area contributed by atoms with Crippen molar-refractivity contribution in [3.05, 3.63) is 65.0 Å². The molecule has 0 aliphatic carbocycles. The van der Waals surface area contributed by atoms with Gasteiger partial charge in [-0.15, -0.1) is 0 Å². The molecule has 1 aromatic carbocycles. The van der Waals surface area contributed by atoms with Gasteiger partial charge in [0.05, 0.1) is 11.5 Å². The Morgan fingerprint density at radius 3 is 2.86 bits per heavy atom. The summed E-state index contributed by atoms with van der Waals surface area (Å²) in [5.41, 5.74) is 3.57. The fraction of sp³-hybridized carbons (Fsp3) is 0.435. The van der Waals surface area contributed by atoms with Gasteiger partial charge >= 0.3 is 0 Å². The van der Waals surface area contributed by atoms with Crippen LogP contribution in [0.4, 0.5) is 0 Å². The van der Waals surface area contributed by atoms with Crippen LogP contribution in [0, 0.1) is 12.8 Å². The summed E-state index contributed by atoms with van der Waals surface area (Å²) in [6.07, 6.45) is 5.22. The summed E-state index contributed by atoms with van der Waals surface area (Å²) in [6, 6.07) is 9.79. The maximum Gasteiger partial charge on any atom is 0.252 e. The Kier molecular flexibility index (Phi) is 5.13. The molecule has 0 unspecified atom stereocenters. The van der Waals surface area contributed by atoms with Crippen molar-refractivity contribution < 1.29 is 9.59 Å². The molecule has 0 bridgehead atoms. The number of carbonyl (C=O) groups excluding carboxylic acids is 2. The number of fused-ring (bicyclic) bond motifs is 1. The molecule has 2 aliphatic heterocycles. The van der Waals surface area contributed by atoms with Crippen LogP contribution in [-0.4, -0.2) is 59.3 Å². The number of benzene rings is 1. The molecule has 2 amide bonds. The number of aryl methyl sites for hydroxylation is 2. The number of likely N-dealkylation sites (tertiary alicyclic amines) is 1. The monoisotopic (exact) mass is 392 g/mol. The van der Waals surface area contributed by atoms with E-state index >= 15 is 0 Å². The summed E-state index contributed by atoms with van der Waals surface area (Å²) < 4.78 is 0. The first-order valence-corrected chi connectivity index (χ1v) is 10.1. The average Bonchev–Trinajstić information content (AvgIpc) is 2.97. The van der Waals surface area contributed by atoms with Crippen molar-refractivity contribution >= 4 is 11.8 Å². The molecular weight excluding hydrogens is 364 g/mol. The first-order chi connectivity index (χ1) is 13.9. The van der Waals surface area contributed by atoms with Gasteiger partial charge in [0.1, 0.15) is 0 Å². The second kappa shape index (κ2) is 7.59. The zero-order valence-corrected chi connectivity index (χ0v) is 17.3. The van der Waals surface area contributed by atoms with E-state index in [1.165, 1.54) is 5.56 Å². The largest absolute Gasteiger partial charge is 0.348 e. The third-order valence-electron chi connectivity index (χ3n) is 6.35. The molecule has 1 aromatic heterocycles. The predicted octanol–water partition coefficient (Wildman–Crippen LogP) is 2.03. The molecule has 2 aliphatic rings. The quantitative estimate of drug-likeness (QED) is 0.868. The second-order valence-electron chi connectivity index (χ2n) is 8.52. The summed E-state index contributed by atoms with van der Waals surface area (Å²) in [7, 11) is 3.58. The number of carbonyl (C=O) groups is 2. The second-order valence-corrected chi connectivity index (χ2v) is 8.52. The van der Waals surface area contributed by atoms with Gasteiger partial charge in [-0.25, -0.2) is 0 Å². The molecule has 0 saturated carbocycles. The number of rotatable bonds is 3. The lowest BCUT2D eigenvalue weighted by Gasteiger charge is -2.35. The van der Waals surface area contributed by atoms with Crippen molar-refractivity contribution in [2.45, 2.75) is 31.8 Å². The highest BCUT2D eigenvalue weighted by atomic mass is 16.2. The number of nitrogens with zero attached hydrogens (tertiary/aromatic N) is 3. The van der Waals surface area contributed by atoms with Crippen molar-refractivity contribution in [1.29, 1.82) is 0 Å². The molecule has 2 aromatic rings. The maximum atomic E-state index is 13.1. The first kappa shape index (κ1) is 19.6. The van der Waals surface area contributed by atoms with Gasteiger partial charge in [0.25, 0.3) is 5.91 Å². The Hall–Kier alpha value is -2.73. The van der Waals surface area contributed by atoms with Gasteiger partial charge < -0.3 is 10.2 Å². The van der Waals surface area contributed by atoms with E-state index in [2.05, 4.69) is 22.1 Å². The maximum absolute atomic E-state index is 13.1. The van der Waals surface area contributed by atoms with Crippen LogP contribution in [0.3, 0.4) is 0 Å². The van der Waals surface area contributed by atoms with Gasteiger partial charge in [0.15, 0.2) is 0 Å². The fourth-order valence-electron chi connectivity index (χ4n) is 4.73.